The molecule has 0 radical (unpaired) electrons. The number of hydrogen-bond acceptors (Lipinski definition) is 4. The zero-order valence-corrected chi connectivity index (χ0v) is 12.7. The second-order valence-electron chi connectivity index (χ2n) is 5.49. The first-order valence-corrected chi connectivity index (χ1v) is 8.53. The minimum Gasteiger partial charge on any atom is -0.399 e. The highest BCUT2D eigenvalue weighted by atomic mass is 32.2. The Morgan fingerprint density at radius 3 is 2.70 bits per heavy atom. The Hall–Kier alpha value is -1.11. The van der Waals surface area contributed by atoms with Gasteiger partial charge in [-0.05, 0) is 50.0 Å². The molecule has 0 unspecified atom stereocenters. The van der Waals surface area contributed by atoms with Crippen molar-refractivity contribution >= 4 is 15.7 Å². The Labute approximate surface area is 121 Å². The van der Waals surface area contributed by atoms with Gasteiger partial charge in [0.15, 0.2) is 0 Å². The summed E-state index contributed by atoms with van der Waals surface area (Å²) in [6.07, 6.45) is 2.39. The zero-order valence-electron chi connectivity index (χ0n) is 11.9. The van der Waals surface area contributed by atoms with Gasteiger partial charge >= 0.3 is 0 Å². The van der Waals surface area contributed by atoms with E-state index in [1.807, 2.05) is 0 Å². The van der Waals surface area contributed by atoms with Gasteiger partial charge in [0, 0.05) is 18.8 Å². The summed E-state index contributed by atoms with van der Waals surface area (Å²) < 4.78 is 26.8. The molecule has 0 aliphatic carbocycles. The van der Waals surface area contributed by atoms with Crippen molar-refractivity contribution in [2.45, 2.75) is 24.7 Å². The Morgan fingerprint density at radius 1 is 1.35 bits per heavy atom. The number of likely N-dealkylation sites (tertiary alicyclic amines) is 1. The van der Waals surface area contributed by atoms with Gasteiger partial charge in [-0.3, -0.25) is 0 Å². The monoisotopic (exact) mass is 297 g/mol. The first-order valence-electron chi connectivity index (χ1n) is 7.05. The molecule has 1 aromatic rings. The number of rotatable bonds is 5. The number of benzene rings is 1. The topological polar surface area (TPSA) is 75.4 Å². The summed E-state index contributed by atoms with van der Waals surface area (Å²) in [6, 6.07) is 6.36. The summed E-state index contributed by atoms with van der Waals surface area (Å²) in [5, 5.41) is 0. The maximum absolute atomic E-state index is 12.1. The first kappa shape index (κ1) is 15.3. The van der Waals surface area contributed by atoms with Gasteiger partial charge in [0.05, 0.1) is 4.90 Å². The number of nitrogen functional groups attached to an aromatic ring is 1. The molecular formula is C14H23N3O2S. The van der Waals surface area contributed by atoms with Crippen molar-refractivity contribution in [2.24, 2.45) is 5.92 Å². The second kappa shape index (κ2) is 6.56. The van der Waals surface area contributed by atoms with Crippen LogP contribution >= 0.6 is 0 Å². The van der Waals surface area contributed by atoms with Crippen LogP contribution in [0.3, 0.4) is 0 Å². The van der Waals surface area contributed by atoms with Crippen LogP contribution in [0, 0.1) is 5.92 Å². The lowest BCUT2D eigenvalue weighted by molar-refractivity contribution is 0.195. The van der Waals surface area contributed by atoms with Crippen LogP contribution in [0.1, 0.15) is 19.8 Å². The fourth-order valence-electron chi connectivity index (χ4n) is 2.39. The number of piperidine rings is 1. The highest BCUT2D eigenvalue weighted by molar-refractivity contribution is 7.89. The average molecular weight is 297 g/mol. The average Bonchev–Trinajstić information content (AvgIpc) is 2.41. The number of sulfonamides is 1. The molecule has 1 aliphatic rings. The van der Waals surface area contributed by atoms with Crippen molar-refractivity contribution < 1.29 is 8.42 Å². The maximum Gasteiger partial charge on any atom is 0.240 e. The lowest BCUT2D eigenvalue weighted by Gasteiger charge is -2.30. The predicted molar refractivity (Wildman–Crippen MR) is 80.9 cm³/mol. The lowest BCUT2D eigenvalue weighted by atomic mass is 9.99. The van der Waals surface area contributed by atoms with E-state index in [0.717, 1.165) is 25.6 Å². The van der Waals surface area contributed by atoms with Gasteiger partial charge in [0.1, 0.15) is 0 Å². The molecule has 1 aromatic carbocycles. The van der Waals surface area contributed by atoms with E-state index in [9.17, 15) is 8.42 Å². The van der Waals surface area contributed by atoms with E-state index in [-0.39, 0.29) is 4.90 Å². The van der Waals surface area contributed by atoms with Gasteiger partial charge in [0.2, 0.25) is 10.0 Å². The van der Waals surface area contributed by atoms with Crippen LogP contribution in [0.2, 0.25) is 0 Å². The molecule has 1 saturated heterocycles. The molecular weight excluding hydrogens is 274 g/mol. The van der Waals surface area contributed by atoms with Gasteiger partial charge in [0.25, 0.3) is 0 Å². The van der Waals surface area contributed by atoms with Gasteiger partial charge in [-0.1, -0.05) is 13.0 Å². The molecule has 6 heteroatoms. The van der Waals surface area contributed by atoms with E-state index >= 15 is 0 Å². The Balaban J connectivity index is 1.84. The van der Waals surface area contributed by atoms with Crippen LogP contribution in [-0.2, 0) is 10.0 Å². The summed E-state index contributed by atoms with van der Waals surface area (Å²) in [4.78, 5) is 2.53. The Bertz CT molecular complexity index is 537. The highest BCUT2D eigenvalue weighted by Gasteiger charge is 2.17. The largest absolute Gasteiger partial charge is 0.399 e. The van der Waals surface area contributed by atoms with Crippen LogP contribution in [0.25, 0.3) is 0 Å². The van der Waals surface area contributed by atoms with Crippen LogP contribution in [-0.4, -0.2) is 39.5 Å². The number of anilines is 1. The standard InChI is InChI=1S/C14H23N3O2S/c1-12-5-8-17(9-6-12)10-7-16-20(18,19)14-4-2-3-13(15)11-14/h2-4,11-12,16H,5-10,15H2,1H3. The smallest absolute Gasteiger partial charge is 0.240 e. The second-order valence-corrected chi connectivity index (χ2v) is 7.26. The molecule has 20 heavy (non-hydrogen) atoms. The van der Waals surface area contributed by atoms with Gasteiger partial charge in [-0.2, -0.15) is 0 Å². The van der Waals surface area contributed by atoms with Gasteiger partial charge in [-0.25, -0.2) is 13.1 Å². The Kier molecular flexibility index (Phi) is 5.01. The van der Waals surface area contributed by atoms with Crippen LogP contribution in [0.4, 0.5) is 5.69 Å². The van der Waals surface area contributed by atoms with Crippen LogP contribution in [0.5, 0.6) is 0 Å². The van der Waals surface area contributed by atoms with Crippen molar-refractivity contribution in [1.82, 2.24) is 9.62 Å². The third-order valence-corrected chi connectivity index (χ3v) is 5.22. The SMILES string of the molecule is CC1CCN(CCNS(=O)(=O)c2cccc(N)c2)CC1. The Morgan fingerprint density at radius 2 is 2.05 bits per heavy atom. The van der Waals surface area contributed by atoms with E-state index in [1.165, 1.54) is 18.9 Å². The number of nitrogens with two attached hydrogens (primary N) is 1. The summed E-state index contributed by atoms with van der Waals surface area (Å²) in [7, 11) is -3.45. The summed E-state index contributed by atoms with van der Waals surface area (Å²) in [5.41, 5.74) is 6.07. The van der Waals surface area contributed by atoms with Crippen molar-refractivity contribution in [3.63, 3.8) is 0 Å². The normalized spacial score (nSPS) is 18.2. The lowest BCUT2D eigenvalue weighted by Crippen LogP contribution is -2.39. The fourth-order valence-corrected chi connectivity index (χ4v) is 3.46. The van der Waals surface area contributed by atoms with Crippen LogP contribution in [0.15, 0.2) is 29.2 Å². The molecule has 0 amide bonds. The van der Waals surface area contributed by atoms with Gasteiger partial charge < -0.3 is 10.6 Å². The maximum atomic E-state index is 12.1. The number of nitrogens with zero attached hydrogens (tertiary/aromatic N) is 1. The van der Waals surface area contributed by atoms with Crippen LogP contribution < -0.4 is 10.5 Å². The molecule has 0 aromatic heterocycles. The van der Waals surface area contributed by atoms with Crippen molar-refractivity contribution in [3.05, 3.63) is 24.3 Å². The highest BCUT2D eigenvalue weighted by Crippen LogP contribution is 2.15. The van der Waals surface area contributed by atoms with E-state index in [1.54, 1.807) is 18.2 Å². The molecule has 5 nitrogen and oxygen atoms in total. The molecule has 1 fully saturated rings. The molecule has 2 rings (SSSR count). The molecule has 0 saturated carbocycles. The van der Waals surface area contributed by atoms with E-state index in [0.29, 0.717) is 12.2 Å². The van der Waals surface area contributed by atoms with E-state index < -0.39 is 10.0 Å². The fraction of sp³-hybridized carbons (Fsp3) is 0.571. The van der Waals surface area contributed by atoms with Crippen molar-refractivity contribution in [3.8, 4) is 0 Å². The third-order valence-electron chi connectivity index (χ3n) is 3.76. The van der Waals surface area contributed by atoms with Gasteiger partial charge in [-0.15, -0.1) is 0 Å². The molecule has 1 aliphatic heterocycles. The first-order chi connectivity index (χ1) is 9.47. The summed E-state index contributed by atoms with van der Waals surface area (Å²) in [5.74, 6) is 0.787. The molecule has 0 atom stereocenters. The quantitative estimate of drug-likeness (QED) is 0.803. The molecule has 0 spiro atoms. The van der Waals surface area contributed by atoms with E-state index in [4.69, 9.17) is 5.73 Å². The summed E-state index contributed by atoms with van der Waals surface area (Å²) in [6.45, 7) is 5.57. The molecule has 112 valence electrons. The third kappa shape index (κ3) is 4.19. The minimum atomic E-state index is -3.45. The summed E-state index contributed by atoms with van der Waals surface area (Å²) >= 11 is 0. The zero-order chi connectivity index (χ0) is 14.6. The minimum absolute atomic E-state index is 0.227. The predicted octanol–water partition coefficient (Wildman–Crippen LogP) is 1.28. The molecule has 1 heterocycles. The van der Waals surface area contributed by atoms with Crippen molar-refractivity contribution in [1.29, 1.82) is 0 Å². The molecule has 0 bridgehead atoms. The number of nitrogens with one attached hydrogen (secondary N) is 1. The van der Waals surface area contributed by atoms with E-state index in [2.05, 4.69) is 16.5 Å². The van der Waals surface area contributed by atoms with Crippen molar-refractivity contribution in [2.75, 3.05) is 31.9 Å². The molecule has 3 N–H and O–H groups in total. The number of hydrogen-bond donors (Lipinski definition) is 2.